The molecule has 2 rings (SSSR count). The number of sulfone groups is 1. The van der Waals surface area contributed by atoms with Gasteiger partial charge in [0.15, 0.2) is 15.8 Å². The second-order valence-corrected chi connectivity index (χ2v) is 6.08. The van der Waals surface area contributed by atoms with Crippen LogP contribution in [0.2, 0.25) is 0 Å². The van der Waals surface area contributed by atoms with Crippen molar-refractivity contribution >= 4 is 21.8 Å². The van der Waals surface area contributed by atoms with Crippen LogP contribution in [0.3, 0.4) is 0 Å². The lowest BCUT2D eigenvalue weighted by atomic mass is 9.88. The van der Waals surface area contributed by atoms with Crippen LogP contribution in [0, 0.1) is 5.92 Å². The molecule has 18 heavy (non-hydrogen) atoms. The highest BCUT2D eigenvalue weighted by molar-refractivity contribution is 7.91. The third-order valence-corrected chi connectivity index (χ3v) is 4.83. The van der Waals surface area contributed by atoms with E-state index in [1.807, 2.05) is 0 Å². The fourth-order valence-electron chi connectivity index (χ4n) is 2.21. The van der Waals surface area contributed by atoms with E-state index >= 15 is 0 Å². The average molecular weight is 270 g/mol. The molecule has 1 unspecified atom stereocenters. The van der Waals surface area contributed by atoms with E-state index in [4.69, 9.17) is 10.2 Å². The monoisotopic (exact) mass is 270 g/mol. The molecule has 1 aliphatic heterocycles. The van der Waals surface area contributed by atoms with E-state index in [9.17, 15) is 18.0 Å². The molecule has 1 heterocycles. The van der Waals surface area contributed by atoms with Crippen LogP contribution in [0.5, 0.6) is 0 Å². The molecule has 96 valence electrons. The first kappa shape index (κ1) is 12.6. The van der Waals surface area contributed by atoms with E-state index in [0.717, 1.165) is 0 Å². The summed E-state index contributed by atoms with van der Waals surface area (Å²) in [6, 6.07) is 5.91. The highest BCUT2D eigenvalue weighted by Gasteiger charge is 2.45. The summed E-state index contributed by atoms with van der Waals surface area (Å²) in [4.78, 5) is 22.0. The van der Waals surface area contributed by atoms with E-state index in [2.05, 4.69) is 0 Å². The smallest absolute Gasteiger partial charge is 0.318 e. The fraction of sp³-hybridized carbons (Fsp3) is 0.273. The van der Waals surface area contributed by atoms with Gasteiger partial charge in [0.25, 0.3) is 0 Å². The third-order valence-electron chi connectivity index (χ3n) is 2.99. The van der Waals surface area contributed by atoms with E-state index in [1.165, 1.54) is 18.2 Å². The molecule has 0 radical (unpaired) electrons. The zero-order valence-corrected chi connectivity index (χ0v) is 9.92. The van der Waals surface area contributed by atoms with Crippen molar-refractivity contribution in [3.63, 3.8) is 0 Å². The molecule has 0 spiro atoms. The predicted molar refractivity (Wildman–Crippen MR) is 60.0 cm³/mol. The van der Waals surface area contributed by atoms with Crippen molar-refractivity contribution in [2.45, 2.75) is 10.8 Å². The van der Waals surface area contributed by atoms with Crippen LogP contribution < -0.4 is 0 Å². The van der Waals surface area contributed by atoms with Crippen LogP contribution in [-0.2, 0) is 19.4 Å². The van der Waals surface area contributed by atoms with Gasteiger partial charge in [-0.15, -0.1) is 0 Å². The number of fused-ring (bicyclic) bond motifs is 1. The Balaban J connectivity index is 2.57. The summed E-state index contributed by atoms with van der Waals surface area (Å²) >= 11 is 0. The molecular formula is C11H10O6S. The Kier molecular flexibility index (Phi) is 2.86. The van der Waals surface area contributed by atoms with E-state index in [0.29, 0.717) is 0 Å². The standard InChI is InChI=1S/C11H10O6S/c12-10(13)9(11(14)15)7-5-18(16,17)8-4-2-1-3-6(7)8/h1-4,7,9H,5H2,(H,12,13)(H,14,15). The van der Waals surface area contributed by atoms with Crippen molar-refractivity contribution in [3.8, 4) is 0 Å². The first-order chi connectivity index (χ1) is 8.34. The molecule has 0 bridgehead atoms. The van der Waals surface area contributed by atoms with Gasteiger partial charge in [-0.3, -0.25) is 9.59 Å². The molecule has 0 fully saturated rings. The SMILES string of the molecule is O=C(O)C(C(=O)O)C1CS(=O)(=O)c2ccccc21. The van der Waals surface area contributed by atoms with Crippen molar-refractivity contribution in [3.05, 3.63) is 29.8 Å². The number of aliphatic carboxylic acids is 2. The van der Waals surface area contributed by atoms with Crippen LogP contribution >= 0.6 is 0 Å². The van der Waals surface area contributed by atoms with Gasteiger partial charge in [-0.2, -0.15) is 0 Å². The molecular weight excluding hydrogens is 260 g/mol. The van der Waals surface area contributed by atoms with Crippen molar-refractivity contribution < 1.29 is 28.2 Å². The first-order valence-electron chi connectivity index (χ1n) is 5.12. The number of carboxylic acids is 2. The summed E-state index contributed by atoms with van der Waals surface area (Å²) < 4.78 is 23.7. The molecule has 0 aromatic heterocycles. The molecule has 0 aliphatic carbocycles. The highest BCUT2D eigenvalue weighted by Crippen LogP contribution is 2.39. The Morgan fingerprint density at radius 3 is 2.28 bits per heavy atom. The Bertz CT molecular complexity index is 604. The van der Waals surface area contributed by atoms with Gasteiger partial charge in [0, 0.05) is 5.92 Å². The molecule has 0 saturated carbocycles. The number of carbonyl (C=O) groups is 2. The lowest BCUT2D eigenvalue weighted by Crippen LogP contribution is -2.30. The van der Waals surface area contributed by atoms with Gasteiger partial charge in [0.05, 0.1) is 10.6 Å². The lowest BCUT2D eigenvalue weighted by Gasteiger charge is -2.14. The Hall–Kier alpha value is -1.89. The molecule has 1 aliphatic rings. The third kappa shape index (κ3) is 1.86. The van der Waals surface area contributed by atoms with Crippen molar-refractivity contribution in [2.24, 2.45) is 5.92 Å². The Morgan fingerprint density at radius 1 is 1.17 bits per heavy atom. The molecule has 0 saturated heterocycles. The zero-order valence-electron chi connectivity index (χ0n) is 9.11. The van der Waals surface area contributed by atoms with E-state index in [-0.39, 0.29) is 10.5 Å². The topological polar surface area (TPSA) is 109 Å². The van der Waals surface area contributed by atoms with Crippen LogP contribution in [-0.4, -0.2) is 36.3 Å². The van der Waals surface area contributed by atoms with Crippen molar-refractivity contribution in [1.82, 2.24) is 0 Å². The minimum absolute atomic E-state index is 0.0301. The summed E-state index contributed by atoms with van der Waals surface area (Å²) in [6.07, 6.45) is 0. The van der Waals surface area contributed by atoms with Gasteiger partial charge in [0.2, 0.25) is 0 Å². The largest absolute Gasteiger partial charge is 0.481 e. The summed E-state index contributed by atoms with van der Waals surface area (Å²) in [5.41, 5.74) is 0.271. The second kappa shape index (κ2) is 4.09. The van der Waals surface area contributed by atoms with Crippen LogP contribution in [0.25, 0.3) is 0 Å². The second-order valence-electron chi connectivity index (χ2n) is 4.08. The van der Waals surface area contributed by atoms with Crippen LogP contribution in [0.15, 0.2) is 29.2 Å². The molecule has 1 aromatic rings. The summed E-state index contributed by atoms with van der Waals surface area (Å²) in [7, 11) is -3.59. The maximum absolute atomic E-state index is 11.8. The lowest BCUT2D eigenvalue weighted by molar-refractivity contribution is -0.155. The predicted octanol–water partition coefficient (Wildman–Crippen LogP) is 0.343. The molecule has 1 aromatic carbocycles. The highest BCUT2D eigenvalue weighted by atomic mass is 32.2. The molecule has 0 amide bonds. The fourth-order valence-corrected chi connectivity index (χ4v) is 4.10. The molecule has 7 heteroatoms. The molecule has 1 atom stereocenters. The summed E-state index contributed by atoms with van der Waals surface area (Å²) in [5.74, 6) is -6.32. The Labute approximate surface area is 103 Å². The number of benzene rings is 1. The van der Waals surface area contributed by atoms with Crippen LogP contribution in [0.4, 0.5) is 0 Å². The number of hydrogen-bond acceptors (Lipinski definition) is 4. The maximum atomic E-state index is 11.8. The normalized spacial score (nSPS) is 20.6. The van der Waals surface area contributed by atoms with Gasteiger partial charge in [-0.25, -0.2) is 8.42 Å². The molecule has 6 nitrogen and oxygen atoms in total. The zero-order chi connectivity index (χ0) is 13.5. The average Bonchev–Trinajstić information content (AvgIpc) is 2.51. The van der Waals surface area contributed by atoms with Gasteiger partial charge in [-0.1, -0.05) is 18.2 Å². The minimum atomic E-state index is -3.59. The Morgan fingerprint density at radius 2 is 1.72 bits per heavy atom. The van der Waals surface area contributed by atoms with Crippen molar-refractivity contribution in [2.75, 3.05) is 5.75 Å². The van der Waals surface area contributed by atoms with Crippen molar-refractivity contribution in [1.29, 1.82) is 0 Å². The summed E-state index contributed by atoms with van der Waals surface area (Å²) in [6.45, 7) is 0. The first-order valence-corrected chi connectivity index (χ1v) is 6.77. The maximum Gasteiger partial charge on any atom is 0.318 e. The minimum Gasteiger partial charge on any atom is -0.481 e. The quantitative estimate of drug-likeness (QED) is 0.767. The number of carboxylic acid groups (broad SMARTS) is 2. The van der Waals surface area contributed by atoms with Gasteiger partial charge >= 0.3 is 11.9 Å². The van der Waals surface area contributed by atoms with Gasteiger partial charge in [0.1, 0.15) is 0 Å². The number of hydrogen-bond donors (Lipinski definition) is 2. The van der Waals surface area contributed by atoms with Gasteiger partial charge < -0.3 is 10.2 Å². The molecule has 2 N–H and O–H groups in total. The van der Waals surface area contributed by atoms with Gasteiger partial charge in [-0.05, 0) is 11.6 Å². The van der Waals surface area contributed by atoms with Crippen LogP contribution in [0.1, 0.15) is 11.5 Å². The van der Waals surface area contributed by atoms with E-state index < -0.39 is 39.4 Å². The summed E-state index contributed by atoms with van der Waals surface area (Å²) in [5, 5.41) is 17.8. The number of rotatable bonds is 3. The van der Waals surface area contributed by atoms with E-state index in [1.54, 1.807) is 6.07 Å².